The average molecular weight is 500 g/mol. The van der Waals surface area contributed by atoms with Crippen LogP contribution in [0, 0.1) is 25.2 Å². The Labute approximate surface area is 216 Å². The molecule has 1 fully saturated rings. The van der Waals surface area contributed by atoms with Crippen LogP contribution in [0.5, 0.6) is 6.01 Å². The Balaban J connectivity index is 1.63. The number of rotatable bonds is 7. The second-order valence-corrected chi connectivity index (χ2v) is 9.52. The Kier molecular flexibility index (Phi) is 7.17. The zero-order valence-corrected chi connectivity index (χ0v) is 21.1. The van der Waals surface area contributed by atoms with Gasteiger partial charge in [0.1, 0.15) is 5.82 Å². The lowest BCUT2D eigenvalue weighted by Crippen LogP contribution is -2.37. The summed E-state index contributed by atoms with van der Waals surface area (Å²) in [5.74, 6) is -0.0625. The minimum absolute atomic E-state index is 0.271. The Morgan fingerprint density at radius 3 is 2.73 bits per heavy atom. The number of nitrogens with zero attached hydrogens (tertiary/aromatic N) is 5. The van der Waals surface area contributed by atoms with E-state index in [2.05, 4.69) is 21.7 Å². The molecule has 1 aliphatic rings. The number of aliphatic hydroxyl groups excluding tert-OH is 1. The van der Waals surface area contributed by atoms with Gasteiger partial charge in [-0.15, -0.1) is 0 Å². The lowest BCUT2D eigenvalue weighted by Gasteiger charge is -2.31. The van der Waals surface area contributed by atoms with Crippen molar-refractivity contribution in [2.24, 2.45) is 5.92 Å². The Morgan fingerprint density at radius 2 is 2.03 bits per heavy atom. The predicted octanol–water partition coefficient (Wildman–Crippen LogP) is 5.66. The van der Waals surface area contributed by atoms with Gasteiger partial charge in [0.15, 0.2) is 11.3 Å². The largest absolute Gasteiger partial charge is 0.464 e. The number of likely N-dealkylation sites (tertiary alicyclic amines) is 1. The summed E-state index contributed by atoms with van der Waals surface area (Å²) < 4.78 is 23.1. The van der Waals surface area contributed by atoms with Gasteiger partial charge in [-0.25, -0.2) is 14.2 Å². The molecule has 1 N–H and O–H groups in total. The second-order valence-electron chi connectivity index (χ2n) is 9.52. The second kappa shape index (κ2) is 10.7. The van der Waals surface area contributed by atoms with Crippen LogP contribution in [0.25, 0.3) is 32.9 Å². The van der Waals surface area contributed by atoms with Crippen LogP contribution >= 0.6 is 0 Å². The van der Waals surface area contributed by atoms with Gasteiger partial charge in [0.05, 0.1) is 31.0 Å². The molecule has 8 heteroatoms. The number of hydrogen-bond donors (Lipinski definition) is 1. The molecule has 2 aromatic carbocycles. The lowest BCUT2D eigenvalue weighted by atomic mass is 9.96. The highest BCUT2D eigenvalue weighted by Gasteiger charge is 2.23. The van der Waals surface area contributed by atoms with E-state index in [1.54, 1.807) is 35.9 Å². The van der Waals surface area contributed by atoms with Crippen molar-refractivity contribution in [2.75, 3.05) is 26.2 Å². The lowest BCUT2D eigenvalue weighted by molar-refractivity contribution is 0.129. The number of aromatic nitrogens is 3. The molecule has 0 spiro atoms. The summed E-state index contributed by atoms with van der Waals surface area (Å²) in [6, 6.07) is 10.9. The summed E-state index contributed by atoms with van der Waals surface area (Å²) in [5, 5.41) is 9.60. The molecule has 1 aliphatic heterocycles. The normalized spacial score (nSPS) is 16.1. The molecule has 0 radical (unpaired) electrons. The van der Waals surface area contributed by atoms with E-state index in [9.17, 15) is 9.50 Å². The van der Waals surface area contributed by atoms with Gasteiger partial charge in [0.25, 0.3) is 0 Å². The highest BCUT2D eigenvalue weighted by Crippen LogP contribution is 2.38. The summed E-state index contributed by atoms with van der Waals surface area (Å²) in [6.45, 7) is 14.6. The van der Waals surface area contributed by atoms with Gasteiger partial charge in [0, 0.05) is 30.4 Å². The van der Waals surface area contributed by atoms with Crippen molar-refractivity contribution >= 4 is 11.3 Å². The number of halogens is 1. The van der Waals surface area contributed by atoms with Crippen LogP contribution in [0.2, 0.25) is 0 Å². The summed E-state index contributed by atoms with van der Waals surface area (Å²) in [5.41, 5.74) is 4.68. The molecule has 7 nitrogen and oxygen atoms in total. The van der Waals surface area contributed by atoms with Crippen LogP contribution in [0.15, 0.2) is 48.8 Å². The molecule has 0 aliphatic carbocycles. The molecule has 0 bridgehead atoms. The third kappa shape index (κ3) is 4.93. The highest BCUT2D eigenvalue weighted by atomic mass is 19.1. The van der Waals surface area contributed by atoms with Gasteiger partial charge in [-0.05, 0) is 55.6 Å². The fourth-order valence-electron chi connectivity index (χ4n) is 5.11. The van der Waals surface area contributed by atoms with Crippen molar-refractivity contribution < 1.29 is 14.2 Å². The molecule has 0 saturated carbocycles. The van der Waals surface area contributed by atoms with Crippen molar-refractivity contribution in [1.29, 1.82) is 0 Å². The molecule has 190 valence electrons. The van der Waals surface area contributed by atoms with Gasteiger partial charge < -0.3 is 14.7 Å². The van der Waals surface area contributed by atoms with Gasteiger partial charge in [-0.3, -0.25) is 4.40 Å². The summed E-state index contributed by atoms with van der Waals surface area (Å²) in [7, 11) is 0. The van der Waals surface area contributed by atoms with Crippen LogP contribution in [0.3, 0.4) is 0 Å². The van der Waals surface area contributed by atoms with Gasteiger partial charge in [-0.1, -0.05) is 37.3 Å². The van der Waals surface area contributed by atoms with E-state index in [-0.39, 0.29) is 12.2 Å². The predicted molar refractivity (Wildman–Crippen MR) is 141 cm³/mol. The Bertz CT molecular complexity index is 1430. The number of aliphatic hydroxyl groups is 1. The van der Waals surface area contributed by atoms with Crippen LogP contribution < -0.4 is 4.74 Å². The summed E-state index contributed by atoms with van der Waals surface area (Å²) >= 11 is 0. The van der Waals surface area contributed by atoms with Crippen LogP contribution in [-0.4, -0.2) is 50.6 Å². The third-order valence-corrected chi connectivity index (χ3v) is 7.15. The number of ether oxygens (including phenoxy) is 1. The molecule has 5 rings (SSSR count). The Hall–Kier alpha value is -3.80. The molecular weight excluding hydrogens is 469 g/mol. The first-order valence-electron chi connectivity index (χ1n) is 12.6. The number of hydrogen-bond acceptors (Lipinski definition) is 5. The first-order valence-corrected chi connectivity index (χ1v) is 12.6. The maximum Gasteiger partial charge on any atom is 0.302 e. The number of fused-ring (bicyclic) bond motifs is 1. The molecule has 3 heterocycles. The van der Waals surface area contributed by atoms with E-state index in [1.807, 2.05) is 18.2 Å². The van der Waals surface area contributed by atoms with Gasteiger partial charge >= 0.3 is 6.01 Å². The molecular formula is C29H30FN5O2. The summed E-state index contributed by atoms with van der Waals surface area (Å²) in [6.07, 6.45) is 5.76. The van der Waals surface area contributed by atoms with Crippen molar-refractivity contribution in [1.82, 2.24) is 19.3 Å². The van der Waals surface area contributed by atoms with E-state index >= 15 is 0 Å². The third-order valence-electron chi connectivity index (χ3n) is 7.15. The molecule has 0 amide bonds. The minimum atomic E-state index is -0.477. The van der Waals surface area contributed by atoms with E-state index in [4.69, 9.17) is 16.3 Å². The monoisotopic (exact) mass is 499 g/mol. The first-order chi connectivity index (χ1) is 18.0. The maximum atomic E-state index is 15.0. The number of benzene rings is 2. The van der Waals surface area contributed by atoms with Crippen LogP contribution in [-0.2, 0) is 6.61 Å². The quantitative estimate of drug-likeness (QED) is 0.332. The number of imidazole rings is 1. The van der Waals surface area contributed by atoms with E-state index < -0.39 is 5.82 Å². The number of piperidine rings is 1. The molecule has 2 aromatic heterocycles. The fourth-order valence-corrected chi connectivity index (χ4v) is 5.11. The highest BCUT2D eigenvalue weighted by molar-refractivity contribution is 5.91. The molecule has 1 saturated heterocycles. The van der Waals surface area contributed by atoms with Gasteiger partial charge in [-0.2, -0.15) is 4.98 Å². The van der Waals surface area contributed by atoms with Crippen LogP contribution in [0.4, 0.5) is 10.1 Å². The van der Waals surface area contributed by atoms with E-state index in [1.165, 1.54) is 6.07 Å². The van der Waals surface area contributed by atoms with Crippen molar-refractivity contribution in [2.45, 2.75) is 33.3 Å². The smallest absolute Gasteiger partial charge is 0.302 e. The van der Waals surface area contributed by atoms with E-state index in [0.717, 1.165) is 38.0 Å². The molecule has 4 aromatic rings. The SMILES string of the molecule is [C-]#[N+]c1ccc(-c2nc(OC[C@@H]3CCCN(CC)C3)n3ccnc3c2-c2cc(C)c(CO)c(F)c2)cc1. The standard InChI is InChI=1S/C29H30FN5O2/c1-4-34-12-5-6-20(16-34)18-37-29-33-27(21-7-9-23(31-3)10-8-21)26(28-32-11-13-35(28)29)22-14-19(2)24(17-36)25(30)15-22/h7-11,13-15,20,36H,4-6,12,16-18H2,1-2H3/t20-/m1/s1. The number of aryl methyl sites for hydroxylation is 1. The summed E-state index contributed by atoms with van der Waals surface area (Å²) in [4.78, 5) is 15.5. The zero-order chi connectivity index (χ0) is 25.9. The maximum absolute atomic E-state index is 15.0. The molecule has 0 unspecified atom stereocenters. The fraction of sp³-hybridized carbons (Fsp3) is 0.345. The van der Waals surface area contributed by atoms with Crippen molar-refractivity contribution in [3.63, 3.8) is 0 Å². The van der Waals surface area contributed by atoms with Crippen molar-refractivity contribution in [3.05, 3.63) is 77.2 Å². The average Bonchev–Trinajstić information content (AvgIpc) is 3.41. The zero-order valence-electron chi connectivity index (χ0n) is 21.1. The first kappa shape index (κ1) is 24.9. The Morgan fingerprint density at radius 1 is 1.22 bits per heavy atom. The van der Waals surface area contributed by atoms with Gasteiger partial charge in [0.2, 0.25) is 0 Å². The molecule has 37 heavy (non-hydrogen) atoms. The molecule has 1 atom stereocenters. The van der Waals surface area contributed by atoms with E-state index in [0.29, 0.717) is 52.3 Å². The topological polar surface area (TPSA) is 67.2 Å². The minimum Gasteiger partial charge on any atom is -0.464 e. The van der Waals surface area contributed by atoms with Crippen molar-refractivity contribution in [3.8, 4) is 28.4 Å². The van der Waals surface area contributed by atoms with Crippen LogP contribution in [0.1, 0.15) is 30.9 Å².